The predicted octanol–water partition coefficient (Wildman–Crippen LogP) is 4.30. The molecule has 1 atom stereocenters. The molecule has 0 aliphatic carbocycles. The molecule has 0 spiro atoms. The van der Waals surface area contributed by atoms with Crippen LogP contribution in [0.15, 0.2) is 18.2 Å². The first-order valence-corrected chi connectivity index (χ1v) is 12.1. The van der Waals surface area contributed by atoms with Gasteiger partial charge in [0.2, 0.25) is 5.65 Å². The van der Waals surface area contributed by atoms with E-state index in [2.05, 4.69) is 20.8 Å². The second kappa shape index (κ2) is 11.8. The Hall–Kier alpha value is -3.43. The van der Waals surface area contributed by atoms with Gasteiger partial charge in [-0.25, -0.2) is 9.78 Å². The molecular formula is C25H36N6O4. The maximum absolute atomic E-state index is 12.7. The third-order valence-corrected chi connectivity index (χ3v) is 5.71. The number of unbranched alkanes of at least 4 members (excludes halogenated alkanes) is 2. The third kappa shape index (κ3) is 6.58. The number of fused-ring (bicyclic) bond motifs is 3. The van der Waals surface area contributed by atoms with Gasteiger partial charge in [-0.15, -0.1) is 10.2 Å². The number of carbonyl (C=O) groups excluding carboxylic acids is 2. The van der Waals surface area contributed by atoms with Gasteiger partial charge in [-0.2, -0.15) is 0 Å². The lowest BCUT2D eigenvalue weighted by molar-refractivity contribution is -0.122. The summed E-state index contributed by atoms with van der Waals surface area (Å²) >= 11 is 0. The van der Waals surface area contributed by atoms with Crippen molar-refractivity contribution in [2.45, 2.75) is 72.4 Å². The Labute approximate surface area is 205 Å². The van der Waals surface area contributed by atoms with Gasteiger partial charge in [0.15, 0.2) is 11.6 Å². The van der Waals surface area contributed by atoms with Gasteiger partial charge >= 0.3 is 6.09 Å². The maximum Gasteiger partial charge on any atom is 0.407 e. The monoisotopic (exact) mass is 484 g/mol. The lowest BCUT2D eigenvalue weighted by Crippen LogP contribution is -2.45. The van der Waals surface area contributed by atoms with Gasteiger partial charge in [0.25, 0.3) is 0 Å². The summed E-state index contributed by atoms with van der Waals surface area (Å²) in [6.07, 6.45) is 2.10. The van der Waals surface area contributed by atoms with Crippen LogP contribution in [0.25, 0.3) is 16.7 Å². The zero-order valence-corrected chi connectivity index (χ0v) is 21.4. The molecule has 0 fully saturated rings. The number of hydrogen-bond acceptors (Lipinski definition) is 8. The largest absolute Gasteiger partial charge is 0.497 e. The van der Waals surface area contributed by atoms with Gasteiger partial charge < -0.3 is 20.1 Å². The molecule has 2 aromatic heterocycles. The van der Waals surface area contributed by atoms with Crippen LogP contribution >= 0.6 is 0 Å². The molecule has 35 heavy (non-hydrogen) atoms. The average molecular weight is 485 g/mol. The first-order chi connectivity index (χ1) is 16.7. The lowest BCUT2D eigenvalue weighted by Gasteiger charge is -2.21. The van der Waals surface area contributed by atoms with Crippen molar-refractivity contribution in [3.05, 3.63) is 24.0 Å². The molecule has 0 aliphatic heterocycles. The minimum absolute atomic E-state index is 0.00417. The van der Waals surface area contributed by atoms with Crippen molar-refractivity contribution in [3.8, 4) is 5.75 Å². The van der Waals surface area contributed by atoms with E-state index in [1.165, 1.54) is 0 Å². The van der Waals surface area contributed by atoms with E-state index in [0.29, 0.717) is 24.4 Å². The number of hydrogen-bond donors (Lipinski definition) is 2. The van der Waals surface area contributed by atoms with Crippen LogP contribution in [-0.4, -0.2) is 57.3 Å². The maximum atomic E-state index is 12.7. The molecule has 0 saturated carbocycles. The highest BCUT2D eigenvalue weighted by Crippen LogP contribution is 2.25. The number of aryl methyl sites for hydroxylation is 1. The van der Waals surface area contributed by atoms with E-state index in [9.17, 15) is 9.59 Å². The number of benzene rings is 1. The molecule has 1 aromatic carbocycles. The van der Waals surface area contributed by atoms with Gasteiger partial charge in [0.1, 0.15) is 11.6 Å². The number of ketones is 1. The molecule has 0 saturated heterocycles. The van der Waals surface area contributed by atoms with Gasteiger partial charge in [-0.05, 0) is 51.7 Å². The summed E-state index contributed by atoms with van der Waals surface area (Å²) < 4.78 is 12.4. The first-order valence-electron chi connectivity index (χ1n) is 12.1. The van der Waals surface area contributed by atoms with Gasteiger partial charge in [-0.1, -0.05) is 20.3 Å². The number of carbonyl (C=O) groups is 2. The summed E-state index contributed by atoms with van der Waals surface area (Å²) in [5.74, 6) is 2.20. The fourth-order valence-corrected chi connectivity index (χ4v) is 3.96. The molecule has 0 radical (unpaired) electrons. The fourth-order valence-electron chi connectivity index (χ4n) is 3.96. The number of nitrogens with one attached hydrogen (secondary N) is 2. The number of anilines is 1. The molecule has 0 unspecified atom stereocenters. The van der Waals surface area contributed by atoms with Crippen molar-refractivity contribution >= 4 is 34.4 Å². The van der Waals surface area contributed by atoms with Crippen LogP contribution < -0.4 is 15.4 Å². The topological polar surface area (TPSA) is 120 Å². The number of alkyl carbamates (subject to hydrolysis) is 1. The van der Waals surface area contributed by atoms with Crippen molar-refractivity contribution in [2.24, 2.45) is 5.92 Å². The summed E-state index contributed by atoms with van der Waals surface area (Å²) in [5, 5.41) is 14.6. The summed E-state index contributed by atoms with van der Waals surface area (Å²) in [5.41, 5.74) is 2.38. The Morgan fingerprint density at radius 1 is 1.09 bits per heavy atom. The molecule has 1 amide bonds. The molecule has 10 nitrogen and oxygen atoms in total. The van der Waals surface area contributed by atoms with Crippen LogP contribution in [-0.2, 0) is 9.53 Å². The highest BCUT2D eigenvalue weighted by molar-refractivity contribution is 5.87. The lowest BCUT2D eigenvalue weighted by atomic mass is 9.96. The predicted molar refractivity (Wildman–Crippen MR) is 135 cm³/mol. The number of methoxy groups -OCH3 is 1. The minimum atomic E-state index is -0.549. The quantitative estimate of drug-likeness (QED) is 0.365. The Kier molecular flexibility index (Phi) is 8.84. The van der Waals surface area contributed by atoms with Crippen molar-refractivity contribution in [3.63, 3.8) is 0 Å². The molecule has 190 valence electrons. The van der Waals surface area contributed by atoms with Crippen molar-refractivity contribution in [2.75, 3.05) is 19.0 Å². The van der Waals surface area contributed by atoms with Crippen LogP contribution in [0.1, 0.15) is 59.2 Å². The SMILES string of the molecule is COc1ccc2c(c1)nc(NCCCCCC(=O)[C@@H](NC(=O)OC(C)C)C(C)C)c1nnc(C)n12. The van der Waals surface area contributed by atoms with Gasteiger partial charge in [0.05, 0.1) is 30.3 Å². The van der Waals surface area contributed by atoms with Crippen LogP contribution in [0.4, 0.5) is 10.6 Å². The molecule has 3 aromatic rings. The molecule has 2 heterocycles. The van der Waals surface area contributed by atoms with Crippen molar-refractivity contribution in [1.29, 1.82) is 0 Å². The first kappa shape index (κ1) is 26.2. The van der Waals surface area contributed by atoms with Crippen LogP contribution in [0.5, 0.6) is 5.75 Å². The zero-order chi connectivity index (χ0) is 25.5. The summed E-state index contributed by atoms with van der Waals surface area (Å²) in [7, 11) is 1.63. The second-order valence-electron chi connectivity index (χ2n) is 9.25. The molecule has 10 heteroatoms. The second-order valence-corrected chi connectivity index (χ2v) is 9.25. The summed E-state index contributed by atoms with van der Waals surface area (Å²) in [6, 6.07) is 5.20. The third-order valence-electron chi connectivity index (χ3n) is 5.71. The van der Waals surface area contributed by atoms with Crippen molar-refractivity contribution < 1.29 is 19.1 Å². The average Bonchev–Trinajstić information content (AvgIpc) is 3.20. The molecule has 2 N–H and O–H groups in total. The molecule has 0 aliphatic rings. The van der Waals surface area contributed by atoms with E-state index in [-0.39, 0.29) is 17.8 Å². The Morgan fingerprint density at radius 2 is 1.86 bits per heavy atom. The van der Waals surface area contributed by atoms with E-state index in [0.717, 1.165) is 41.9 Å². The van der Waals surface area contributed by atoms with Crippen LogP contribution in [0, 0.1) is 12.8 Å². The number of amides is 1. The smallest absolute Gasteiger partial charge is 0.407 e. The summed E-state index contributed by atoms with van der Waals surface area (Å²) in [6.45, 7) is 9.98. The normalized spacial score (nSPS) is 12.3. The van der Waals surface area contributed by atoms with E-state index in [4.69, 9.17) is 14.5 Å². The minimum Gasteiger partial charge on any atom is -0.497 e. The molecule has 3 rings (SSSR count). The van der Waals surface area contributed by atoms with E-state index in [1.54, 1.807) is 21.0 Å². The molecular weight excluding hydrogens is 448 g/mol. The van der Waals surface area contributed by atoms with E-state index >= 15 is 0 Å². The number of rotatable bonds is 12. The number of Topliss-reactive ketones (excluding diaryl/α,β-unsaturated/α-hetero) is 1. The Balaban J connectivity index is 1.54. The van der Waals surface area contributed by atoms with Gasteiger partial charge in [0, 0.05) is 19.0 Å². The van der Waals surface area contributed by atoms with Gasteiger partial charge in [-0.3, -0.25) is 9.20 Å². The van der Waals surface area contributed by atoms with Crippen LogP contribution in [0.2, 0.25) is 0 Å². The highest BCUT2D eigenvalue weighted by atomic mass is 16.6. The fraction of sp³-hybridized carbons (Fsp3) is 0.560. The van der Waals surface area contributed by atoms with Crippen molar-refractivity contribution in [1.82, 2.24) is 24.9 Å². The van der Waals surface area contributed by atoms with E-state index in [1.807, 2.05) is 43.4 Å². The number of ether oxygens (including phenoxy) is 2. The Morgan fingerprint density at radius 3 is 2.54 bits per heavy atom. The Bertz CT molecular complexity index is 1170. The van der Waals surface area contributed by atoms with E-state index < -0.39 is 12.1 Å². The standard InChI is InChI=1S/C25H36N6O4/c1-15(2)22(28-25(33)35-16(3)4)21(32)10-8-7-9-13-26-23-24-30-29-17(5)31(24)20-12-11-18(34-6)14-19(20)27-23/h11-12,14-16,22H,7-10,13H2,1-6H3,(H,26,27)(H,28,33)/t22-/m0/s1. The number of aromatic nitrogens is 4. The summed E-state index contributed by atoms with van der Waals surface area (Å²) in [4.78, 5) is 29.3. The number of nitrogens with zero attached hydrogens (tertiary/aromatic N) is 4. The van der Waals surface area contributed by atoms with Crippen LogP contribution in [0.3, 0.4) is 0 Å². The zero-order valence-electron chi connectivity index (χ0n) is 21.4. The highest BCUT2D eigenvalue weighted by Gasteiger charge is 2.24. The molecule has 0 bridgehead atoms.